The molecule has 36 heavy (non-hydrogen) atoms. The van der Waals surface area contributed by atoms with Gasteiger partial charge in [0.15, 0.2) is 5.82 Å². The van der Waals surface area contributed by atoms with Crippen molar-refractivity contribution in [3.63, 3.8) is 0 Å². The number of aliphatic carboxylic acids is 1. The van der Waals surface area contributed by atoms with E-state index in [1.807, 2.05) is 4.90 Å². The van der Waals surface area contributed by atoms with E-state index in [1.54, 1.807) is 0 Å². The van der Waals surface area contributed by atoms with Crippen LogP contribution in [-0.4, -0.2) is 61.9 Å². The van der Waals surface area contributed by atoms with Crippen molar-refractivity contribution in [1.82, 2.24) is 4.98 Å². The number of rotatable bonds is 6. The second-order valence-corrected chi connectivity index (χ2v) is 9.59. The number of pyridine rings is 1. The van der Waals surface area contributed by atoms with Gasteiger partial charge in [-0.05, 0) is 37.1 Å². The molecule has 1 saturated heterocycles. The number of aromatic nitrogens is 1. The number of anilines is 2. The summed E-state index contributed by atoms with van der Waals surface area (Å²) in [6, 6.07) is 5.54. The Morgan fingerprint density at radius 1 is 1.11 bits per heavy atom. The SMILES string of the molecule is COc1ccc(Cl)cc1S(=O)(=O)Nc1cc(C(=O)O)cnc1N1CCCCCC1.O=C(O)C(F)(F)F. The molecule has 1 aliphatic rings. The number of alkyl halides is 3. The Labute approximate surface area is 209 Å². The number of benzene rings is 1. The topological polar surface area (TPSA) is 146 Å². The number of aromatic carboxylic acids is 1. The molecule has 0 radical (unpaired) electrons. The van der Waals surface area contributed by atoms with Gasteiger partial charge in [0, 0.05) is 24.3 Å². The molecule has 15 heteroatoms. The zero-order chi connectivity index (χ0) is 27.1. The van der Waals surface area contributed by atoms with E-state index in [-0.39, 0.29) is 26.9 Å². The van der Waals surface area contributed by atoms with E-state index in [1.165, 1.54) is 37.6 Å². The van der Waals surface area contributed by atoms with Gasteiger partial charge in [0.05, 0.1) is 18.4 Å². The number of carboxylic acids is 2. The van der Waals surface area contributed by atoms with Gasteiger partial charge in [0.25, 0.3) is 10.0 Å². The molecule has 3 rings (SSSR count). The molecule has 198 valence electrons. The van der Waals surface area contributed by atoms with Crippen molar-refractivity contribution in [1.29, 1.82) is 0 Å². The van der Waals surface area contributed by atoms with Gasteiger partial charge >= 0.3 is 18.1 Å². The van der Waals surface area contributed by atoms with Crippen LogP contribution in [0.4, 0.5) is 24.7 Å². The smallest absolute Gasteiger partial charge is 0.490 e. The highest BCUT2D eigenvalue weighted by molar-refractivity contribution is 7.92. The van der Waals surface area contributed by atoms with Gasteiger partial charge in [-0.1, -0.05) is 24.4 Å². The lowest BCUT2D eigenvalue weighted by atomic mass is 10.2. The van der Waals surface area contributed by atoms with Crippen LogP contribution in [0.25, 0.3) is 0 Å². The molecule has 1 fully saturated rings. The Hall–Kier alpha value is -3.26. The summed E-state index contributed by atoms with van der Waals surface area (Å²) in [6.45, 7) is 1.43. The summed E-state index contributed by atoms with van der Waals surface area (Å²) in [6.07, 6.45) is 0.239. The van der Waals surface area contributed by atoms with Gasteiger partial charge in [-0.15, -0.1) is 0 Å². The highest BCUT2D eigenvalue weighted by Gasteiger charge is 2.38. The summed E-state index contributed by atoms with van der Waals surface area (Å²) in [5, 5.41) is 16.7. The van der Waals surface area contributed by atoms with Crippen LogP contribution in [0, 0.1) is 0 Å². The van der Waals surface area contributed by atoms with E-state index in [4.69, 9.17) is 26.2 Å². The van der Waals surface area contributed by atoms with Crippen LogP contribution in [0.1, 0.15) is 36.0 Å². The molecular weight excluding hydrogens is 531 g/mol. The number of methoxy groups -OCH3 is 1. The van der Waals surface area contributed by atoms with Crippen LogP contribution in [0.5, 0.6) is 5.75 Å². The summed E-state index contributed by atoms with van der Waals surface area (Å²) in [4.78, 5) is 26.4. The van der Waals surface area contributed by atoms with E-state index in [2.05, 4.69) is 9.71 Å². The van der Waals surface area contributed by atoms with Gasteiger partial charge in [-0.2, -0.15) is 13.2 Å². The number of ether oxygens (including phenoxy) is 1. The molecule has 0 spiro atoms. The highest BCUT2D eigenvalue weighted by Crippen LogP contribution is 2.32. The third kappa shape index (κ3) is 7.88. The Balaban J connectivity index is 0.000000572. The Morgan fingerprint density at radius 3 is 2.19 bits per heavy atom. The standard InChI is InChI=1S/C19H22ClN3O5S.C2HF3O2/c1-28-16-7-6-14(20)11-17(16)29(26,27)22-15-10-13(19(24)25)12-21-18(15)23-8-4-2-3-5-9-23;3-2(4,5)1(6)7/h6-7,10-12,22H,2-5,8-9H2,1H3,(H,24,25);(H,6,7). The second kappa shape index (κ2) is 12.1. The Morgan fingerprint density at radius 2 is 1.69 bits per heavy atom. The number of halogens is 4. The lowest BCUT2D eigenvalue weighted by molar-refractivity contribution is -0.192. The predicted octanol–water partition coefficient (Wildman–Crippen LogP) is 4.26. The van der Waals surface area contributed by atoms with Crippen LogP contribution < -0.4 is 14.4 Å². The van der Waals surface area contributed by atoms with Crippen LogP contribution in [0.15, 0.2) is 35.4 Å². The predicted molar refractivity (Wildman–Crippen MR) is 124 cm³/mol. The van der Waals surface area contributed by atoms with Crippen molar-refractivity contribution in [3.8, 4) is 5.75 Å². The van der Waals surface area contributed by atoms with Crippen LogP contribution in [-0.2, 0) is 14.8 Å². The van der Waals surface area contributed by atoms with E-state index in [0.29, 0.717) is 18.9 Å². The fraction of sp³-hybridized carbons (Fsp3) is 0.381. The zero-order valence-corrected chi connectivity index (χ0v) is 20.5. The second-order valence-electron chi connectivity index (χ2n) is 7.51. The largest absolute Gasteiger partial charge is 0.495 e. The molecule has 0 saturated carbocycles. The van der Waals surface area contributed by atoms with E-state index < -0.39 is 28.1 Å². The molecule has 2 heterocycles. The fourth-order valence-corrected chi connectivity index (χ4v) is 4.73. The molecule has 1 aliphatic heterocycles. The number of hydrogen-bond acceptors (Lipinski definition) is 7. The van der Waals surface area contributed by atoms with Crippen molar-refractivity contribution in [3.05, 3.63) is 41.0 Å². The lowest BCUT2D eigenvalue weighted by Crippen LogP contribution is -2.27. The number of carboxylic acid groups (broad SMARTS) is 2. The maximum atomic E-state index is 13.1. The quantitative estimate of drug-likeness (QED) is 0.477. The Kier molecular flexibility index (Phi) is 9.76. The molecule has 10 nitrogen and oxygen atoms in total. The highest BCUT2D eigenvalue weighted by atomic mass is 35.5. The molecule has 0 atom stereocenters. The summed E-state index contributed by atoms with van der Waals surface area (Å²) in [5.74, 6) is -3.42. The van der Waals surface area contributed by atoms with Crippen molar-refractivity contribution in [2.24, 2.45) is 0 Å². The van der Waals surface area contributed by atoms with Crippen LogP contribution in [0.3, 0.4) is 0 Å². The third-order valence-corrected chi connectivity index (χ3v) is 6.54. The number of sulfonamides is 1. The number of carbonyl (C=O) groups is 2. The summed E-state index contributed by atoms with van der Waals surface area (Å²) in [5.41, 5.74) is -0.00633. The average Bonchev–Trinajstić information content (AvgIpc) is 3.08. The number of nitrogens with zero attached hydrogens (tertiary/aromatic N) is 2. The minimum atomic E-state index is -5.08. The first kappa shape index (κ1) is 29.0. The maximum absolute atomic E-state index is 13.1. The first-order valence-electron chi connectivity index (χ1n) is 10.4. The van der Waals surface area contributed by atoms with Crippen molar-refractivity contribution >= 4 is 45.1 Å². The van der Waals surface area contributed by atoms with E-state index >= 15 is 0 Å². The molecular formula is C21H23ClF3N3O7S. The molecule has 2 aromatic rings. The molecule has 3 N–H and O–H groups in total. The zero-order valence-electron chi connectivity index (χ0n) is 18.9. The first-order valence-corrected chi connectivity index (χ1v) is 12.3. The summed E-state index contributed by atoms with van der Waals surface area (Å²) >= 11 is 5.97. The minimum Gasteiger partial charge on any atom is -0.495 e. The number of nitrogens with one attached hydrogen (secondary N) is 1. The molecule has 0 unspecified atom stereocenters. The average molecular weight is 554 g/mol. The first-order chi connectivity index (χ1) is 16.8. The van der Waals surface area contributed by atoms with Gasteiger partial charge < -0.3 is 19.8 Å². The maximum Gasteiger partial charge on any atom is 0.490 e. The lowest BCUT2D eigenvalue weighted by Gasteiger charge is -2.24. The van der Waals surface area contributed by atoms with Gasteiger partial charge in [0.1, 0.15) is 10.6 Å². The van der Waals surface area contributed by atoms with E-state index in [9.17, 15) is 31.5 Å². The van der Waals surface area contributed by atoms with Crippen molar-refractivity contribution in [2.75, 3.05) is 29.8 Å². The monoisotopic (exact) mass is 553 g/mol. The fourth-order valence-electron chi connectivity index (χ4n) is 3.24. The third-order valence-electron chi connectivity index (χ3n) is 4.92. The molecule has 0 aliphatic carbocycles. The van der Waals surface area contributed by atoms with Crippen LogP contribution >= 0.6 is 11.6 Å². The summed E-state index contributed by atoms with van der Waals surface area (Å²) in [7, 11) is -2.75. The molecule has 0 amide bonds. The minimum absolute atomic E-state index is 0.105. The summed E-state index contributed by atoms with van der Waals surface area (Å²) < 4.78 is 65.5. The van der Waals surface area contributed by atoms with Gasteiger partial charge in [0.2, 0.25) is 0 Å². The molecule has 1 aromatic heterocycles. The normalized spacial score (nSPS) is 14.2. The van der Waals surface area contributed by atoms with Crippen molar-refractivity contribution < 1.29 is 46.1 Å². The van der Waals surface area contributed by atoms with Gasteiger partial charge in [-0.3, -0.25) is 4.72 Å². The number of hydrogen-bond donors (Lipinski definition) is 3. The van der Waals surface area contributed by atoms with Crippen LogP contribution in [0.2, 0.25) is 5.02 Å². The molecule has 1 aromatic carbocycles. The van der Waals surface area contributed by atoms with E-state index in [0.717, 1.165) is 25.7 Å². The Bertz CT molecular complexity index is 1200. The molecule has 0 bridgehead atoms. The van der Waals surface area contributed by atoms with Crippen molar-refractivity contribution in [2.45, 2.75) is 36.8 Å². The van der Waals surface area contributed by atoms with Gasteiger partial charge in [-0.25, -0.2) is 23.0 Å².